The molecular formula is C16H24N2O2. The lowest BCUT2D eigenvalue weighted by Gasteiger charge is -2.31. The first kappa shape index (κ1) is 15.0. The number of likely N-dealkylation sites (tertiary alicyclic amines) is 1. The number of nitrogens with two attached hydrogens (primary N) is 1. The van der Waals surface area contributed by atoms with Gasteiger partial charge in [-0.25, -0.2) is 0 Å². The molecule has 4 heteroatoms. The van der Waals surface area contributed by atoms with Crippen LogP contribution in [0.5, 0.6) is 0 Å². The minimum atomic E-state index is -0.0516. The highest BCUT2D eigenvalue weighted by Gasteiger charge is 2.26. The van der Waals surface area contributed by atoms with Crippen molar-refractivity contribution in [3.05, 3.63) is 35.4 Å². The molecule has 0 spiro atoms. The summed E-state index contributed by atoms with van der Waals surface area (Å²) < 4.78 is 5.14. The van der Waals surface area contributed by atoms with E-state index in [1.165, 1.54) is 11.1 Å². The lowest BCUT2D eigenvalue weighted by atomic mass is 9.97. The standard InChI is InChI=1S/C16H24N2O2/c1-2-20-16(19)15-8-5-9-18(12-15)11-14-7-4-3-6-13(14)10-17/h3-4,6-7,15H,2,5,8-12,17H2,1H3. The van der Waals surface area contributed by atoms with Gasteiger partial charge in [0.05, 0.1) is 12.5 Å². The fraction of sp³-hybridized carbons (Fsp3) is 0.562. The van der Waals surface area contributed by atoms with Gasteiger partial charge in [-0.15, -0.1) is 0 Å². The molecule has 2 N–H and O–H groups in total. The second-order valence-corrected chi connectivity index (χ2v) is 5.30. The Labute approximate surface area is 120 Å². The second-order valence-electron chi connectivity index (χ2n) is 5.30. The van der Waals surface area contributed by atoms with Crippen molar-refractivity contribution >= 4 is 5.97 Å². The quantitative estimate of drug-likeness (QED) is 0.835. The average Bonchev–Trinajstić information content (AvgIpc) is 2.48. The fourth-order valence-corrected chi connectivity index (χ4v) is 2.80. The number of carbonyl (C=O) groups is 1. The second kappa shape index (κ2) is 7.41. The van der Waals surface area contributed by atoms with Gasteiger partial charge in [-0.05, 0) is 37.4 Å². The largest absolute Gasteiger partial charge is 0.466 e. The van der Waals surface area contributed by atoms with Crippen LogP contribution in [-0.4, -0.2) is 30.6 Å². The topological polar surface area (TPSA) is 55.6 Å². The van der Waals surface area contributed by atoms with Crippen molar-refractivity contribution in [2.75, 3.05) is 19.7 Å². The Hall–Kier alpha value is -1.39. The number of esters is 1. The molecule has 20 heavy (non-hydrogen) atoms. The molecule has 1 aromatic carbocycles. The number of piperidine rings is 1. The summed E-state index contributed by atoms with van der Waals surface area (Å²) in [6.45, 7) is 5.57. The van der Waals surface area contributed by atoms with Crippen LogP contribution in [0.15, 0.2) is 24.3 Å². The van der Waals surface area contributed by atoms with Crippen LogP contribution in [0.1, 0.15) is 30.9 Å². The molecule has 1 aliphatic rings. The first-order valence-corrected chi connectivity index (χ1v) is 7.40. The van der Waals surface area contributed by atoms with Crippen LogP contribution in [0.4, 0.5) is 0 Å². The normalized spacial score (nSPS) is 19.8. The number of hydrogen-bond donors (Lipinski definition) is 1. The van der Waals surface area contributed by atoms with E-state index in [1.807, 2.05) is 19.1 Å². The summed E-state index contributed by atoms with van der Waals surface area (Å²) in [6.07, 6.45) is 1.99. The fourth-order valence-electron chi connectivity index (χ4n) is 2.80. The molecule has 0 saturated carbocycles. The van der Waals surface area contributed by atoms with Crippen molar-refractivity contribution in [2.45, 2.75) is 32.9 Å². The van der Waals surface area contributed by atoms with Crippen molar-refractivity contribution in [1.29, 1.82) is 0 Å². The molecule has 110 valence electrons. The van der Waals surface area contributed by atoms with E-state index in [2.05, 4.69) is 17.0 Å². The van der Waals surface area contributed by atoms with Gasteiger partial charge in [-0.2, -0.15) is 0 Å². The Morgan fingerprint density at radius 2 is 2.15 bits per heavy atom. The van der Waals surface area contributed by atoms with Gasteiger partial charge in [-0.1, -0.05) is 24.3 Å². The first-order valence-electron chi connectivity index (χ1n) is 7.40. The van der Waals surface area contributed by atoms with E-state index in [1.54, 1.807) is 0 Å². The Morgan fingerprint density at radius 1 is 1.40 bits per heavy atom. The third-order valence-corrected chi connectivity index (χ3v) is 3.86. The molecule has 1 fully saturated rings. The maximum absolute atomic E-state index is 11.9. The van der Waals surface area contributed by atoms with Gasteiger partial charge in [-0.3, -0.25) is 9.69 Å². The van der Waals surface area contributed by atoms with E-state index in [-0.39, 0.29) is 11.9 Å². The first-order chi connectivity index (χ1) is 9.74. The predicted molar refractivity (Wildman–Crippen MR) is 79.0 cm³/mol. The molecule has 1 aromatic rings. The molecule has 1 unspecified atom stereocenters. The van der Waals surface area contributed by atoms with Crippen molar-refractivity contribution in [1.82, 2.24) is 4.90 Å². The van der Waals surface area contributed by atoms with Crippen LogP contribution in [0, 0.1) is 5.92 Å². The number of carbonyl (C=O) groups excluding carboxylic acids is 1. The van der Waals surface area contributed by atoms with Gasteiger partial charge in [0.2, 0.25) is 0 Å². The summed E-state index contributed by atoms with van der Waals surface area (Å²) in [6, 6.07) is 8.25. The summed E-state index contributed by atoms with van der Waals surface area (Å²) in [7, 11) is 0. The highest BCUT2D eigenvalue weighted by atomic mass is 16.5. The molecular weight excluding hydrogens is 252 g/mol. The summed E-state index contributed by atoms with van der Waals surface area (Å²) in [5, 5.41) is 0. The molecule has 0 bridgehead atoms. The molecule has 4 nitrogen and oxygen atoms in total. The summed E-state index contributed by atoms with van der Waals surface area (Å²) >= 11 is 0. The molecule has 1 aliphatic heterocycles. The zero-order valence-electron chi connectivity index (χ0n) is 12.2. The number of benzene rings is 1. The minimum absolute atomic E-state index is 0.0220. The summed E-state index contributed by atoms with van der Waals surface area (Å²) in [4.78, 5) is 14.2. The van der Waals surface area contributed by atoms with Gasteiger partial charge >= 0.3 is 5.97 Å². The number of rotatable bonds is 5. The van der Waals surface area contributed by atoms with Crippen LogP contribution in [-0.2, 0) is 22.6 Å². The number of ether oxygens (including phenoxy) is 1. The molecule has 0 amide bonds. The van der Waals surface area contributed by atoms with Crippen molar-refractivity contribution in [3.63, 3.8) is 0 Å². The zero-order chi connectivity index (χ0) is 14.4. The van der Waals surface area contributed by atoms with Gasteiger partial charge in [0.25, 0.3) is 0 Å². The maximum Gasteiger partial charge on any atom is 0.310 e. The van der Waals surface area contributed by atoms with Crippen molar-refractivity contribution < 1.29 is 9.53 Å². The molecule has 0 aromatic heterocycles. The highest BCUT2D eigenvalue weighted by Crippen LogP contribution is 2.21. The number of nitrogens with zero attached hydrogens (tertiary/aromatic N) is 1. The zero-order valence-corrected chi connectivity index (χ0v) is 12.2. The van der Waals surface area contributed by atoms with Gasteiger partial charge in [0.1, 0.15) is 0 Å². The SMILES string of the molecule is CCOC(=O)C1CCCN(Cc2ccccc2CN)C1. The average molecular weight is 276 g/mol. The minimum Gasteiger partial charge on any atom is -0.466 e. The summed E-state index contributed by atoms with van der Waals surface area (Å²) in [5.41, 5.74) is 8.23. The Bertz CT molecular complexity index is 448. The molecule has 2 rings (SSSR count). The monoisotopic (exact) mass is 276 g/mol. The van der Waals surface area contributed by atoms with Crippen molar-refractivity contribution in [2.24, 2.45) is 11.7 Å². The van der Waals surface area contributed by atoms with E-state index in [4.69, 9.17) is 10.5 Å². The van der Waals surface area contributed by atoms with Crippen LogP contribution >= 0.6 is 0 Å². The Morgan fingerprint density at radius 3 is 2.85 bits per heavy atom. The lowest BCUT2D eigenvalue weighted by Crippen LogP contribution is -2.39. The van der Waals surface area contributed by atoms with Crippen LogP contribution < -0.4 is 5.73 Å². The maximum atomic E-state index is 11.9. The molecule has 0 radical (unpaired) electrons. The number of hydrogen-bond acceptors (Lipinski definition) is 4. The van der Waals surface area contributed by atoms with Gasteiger partial charge in [0, 0.05) is 19.6 Å². The Kier molecular flexibility index (Phi) is 5.56. The van der Waals surface area contributed by atoms with E-state index < -0.39 is 0 Å². The highest BCUT2D eigenvalue weighted by molar-refractivity contribution is 5.72. The smallest absolute Gasteiger partial charge is 0.310 e. The van der Waals surface area contributed by atoms with Crippen molar-refractivity contribution in [3.8, 4) is 0 Å². The third-order valence-electron chi connectivity index (χ3n) is 3.86. The predicted octanol–water partition coefficient (Wildman–Crippen LogP) is 1.92. The summed E-state index contributed by atoms with van der Waals surface area (Å²) in [5.74, 6) is -0.0296. The molecule has 1 heterocycles. The van der Waals surface area contributed by atoms with E-state index in [0.29, 0.717) is 13.2 Å². The lowest BCUT2D eigenvalue weighted by molar-refractivity contribution is -0.150. The van der Waals surface area contributed by atoms with E-state index in [9.17, 15) is 4.79 Å². The van der Waals surface area contributed by atoms with E-state index >= 15 is 0 Å². The molecule has 0 aliphatic carbocycles. The van der Waals surface area contributed by atoms with Crippen LogP contribution in [0.25, 0.3) is 0 Å². The molecule has 1 atom stereocenters. The van der Waals surface area contributed by atoms with E-state index in [0.717, 1.165) is 32.5 Å². The van der Waals surface area contributed by atoms with Crippen LogP contribution in [0.2, 0.25) is 0 Å². The molecule has 1 saturated heterocycles. The van der Waals surface area contributed by atoms with Crippen LogP contribution in [0.3, 0.4) is 0 Å². The Balaban J connectivity index is 1.97. The third kappa shape index (κ3) is 3.81. The van der Waals surface area contributed by atoms with Gasteiger partial charge < -0.3 is 10.5 Å². The van der Waals surface area contributed by atoms with Gasteiger partial charge in [0.15, 0.2) is 0 Å².